The fourth-order valence-corrected chi connectivity index (χ4v) is 3.43. The van der Waals surface area contributed by atoms with Gasteiger partial charge >= 0.3 is 5.97 Å². The van der Waals surface area contributed by atoms with E-state index in [4.69, 9.17) is 25.1 Å². The van der Waals surface area contributed by atoms with Gasteiger partial charge in [-0.25, -0.2) is 31.7 Å². The van der Waals surface area contributed by atoms with E-state index < -0.39 is 29.7 Å². The number of carbonyl (C=O) groups excluding carboxylic acids is 1. The second kappa shape index (κ2) is 13.5. The van der Waals surface area contributed by atoms with E-state index in [1.807, 2.05) is 0 Å². The number of alkyl halides is 2. The summed E-state index contributed by atoms with van der Waals surface area (Å²) in [5.74, 6) is -2.36. The van der Waals surface area contributed by atoms with Crippen LogP contribution < -0.4 is 15.2 Å². The zero-order valence-electron chi connectivity index (χ0n) is 21.5. The first kappa shape index (κ1) is 30.0. The van der Waals surface area contributed by atoms with Crippen LogP contribution in [0, 0.1) is 11.6 Å². The molecule has 4 aromatic rings. The molecular formula is C24H25F4N7O5. The second-order valence-electron chi connectivity index (χ2n) is 7.68. The van der Waals surface area contributed by atoms with Crippen LogP contribution in [0.25, 0.3) is 11.4 Å². The first-order chi connectivity index (χ1) is 19.2. The lowest BCUT2D eigenvalue weighted by Gasteiger charge is -2.11. The van der Waals surface area contributed by atoms with Crippen molar-refractivity contribution in [3.8, 4) is 22.9 Å². The molecule has 0 amide bonds. The highest BCUT2D eigenvalue weighted by molar-refractivity contribution is 5.94. The average molecular weight is 568 g/mol. The van der Waals surface area contributed by atoms with Crippen molar-refractivity contribution in [3.05, 3.63) is 70.8 Å². The van der Waals surface area contributed by atoms with Gasteiger partial charge in [0.15, 0.2) is 23.1 Å². The lowest BCUT2D eigenvalue weighted by atomic mass is 10.1. The number of nitrogens with zero attached hydrogens (tertiary/aromatic N) is 6. The third-order valence-corrected chi connectivity index (χ3v) is 5.32. The van der Waals surface area contributed by atoms with Gasteiger partial charge in [-0.15, -0.1) is 10.2 Å². The number of halogens is 4. The monoisotopic (exact) mass is 567 g/mol. The molecule has 0 unspecified atom stereocenters. The minimum Gasteiger partial charge on any atom is -0.494 e. The number of benzene rings is 2. The molecule has 0 aliphatic heterocycles. The molecule has 214 valence electrons. The summed E-state index contributed by atoms with van der Waals surface area (Å²) in [7, 11) is 2.62. The third kappa shape index (κ3) is 6.35. The zero-order chi connectivity index (χ0) is 29.4. The largest absolute Gasteiger partial charge is 0.494 e. The van der Waals surface area contributed by atoms with E-state index in [1.54, 1.807) is 6.92 Å². The van der Waals surface area contributed by atoms with Gasteiger partial charge in [-0.3, -0.25) is 0 Å². The Labute approximate surface area is 224 Å². The Morgan fingerprint density at radius 1 is 0.975 bits per heavy atom. The molecular weight excluding hydrogens is 542 g/mol. The SMILES string of the molecule is CCOC(=O)c1c(-n2cc(CO)nn2)ccc(OC)c1F.COc1ccc(-n2cc(C(F)F)nn2)c(CN)c1F. The third-order valence-electron chi connectivity index (χ3n) is 5.32. The van der Waals surface area contributed by atoms with Crippen LogP contribution >= 0.6 is 0 Å². The number of hydrogen-bond donors (Lipinski definition) is 2. The molecule has 2 heterocycles. The van der Waals surface area contributed by atoms with Gasteiger partial charge in [-0.05, 0) is 31.2 Å². The summed E-state index contributed by atoms with van der Waals surface area (Å²) >= 11 is 0. The molecule has 2 aromatic heterocycles. The van der Waals surface area contributed by atoms with E-state index in [1.165, 1.54) is 49.4 Å². The van der Waals surface area contributed by atoms with Crippen molar-refractivity contribution in [1.82, 2.24) is 30.0 Å². The molecule has 3 N–H and O–H groups in total. The Morgan fingerprint density at radius 2 is 1.57 bits per heavy atom. The summed E-state index contributed by atoms with van der Waals surface area (Å²) in [6, 6.07) is 5.68. The normalized spacial score (nSPS) is 10.8. The van der Waals surface area contributed by atoms with Crippen LogP contribution in [0.15, 0.2) is 36.7 Å². The molecule has 0 fully saturated rings. The topological polar surface area (TPSA) is 152 Å². The molecule has 0 aliphatic carbocycles. The van der Waals surface area contributed by atoms with Crippen molar-refractivity contribution in [1.29, 1.82) is 0 Å². The van der Waals surface area contributed by atoms with Crippen LogP contribution in [-0.2, 0) is 17.9 Å². The Balaban J connectivity index is 0.000000222. The highest BCUT2D eigenvalue weighted by atomic mass is 19.3. The van der Waals surface area contributed by atoms with Gasteiger partial charge < -0.3 is 25.1 Å². The van der Waals surface area contributed by atoms with E-state index in [-0.39, 0.29) is 53.8 Å². The van der Waals surface area contributed by atoms with E-state index in [0.29, 0.717) is 5.69 Å². The fraction of sp³-hybridized carbons (Fsp3) is 0.292. The summed E-state index contributed by atoms with van der Waals surface area (Å²) in [4.78, 5) is 12.0. The maximum Gasteiger partial charge on any atom is 0.343 e. The molecule has 0 bridgehead atoms. The summed E-state index contributed by atoms with van der Waals surface area (Å²) < 4.78 is 70.0. The molecule has 0 saturated carbocycles. The van der Waals surface area contributed by atoms with E-state index >= 15 is 0 Å². The van der Waals surface area contributed by atoms with Crippen LogP contribution in [0.2, 0.25) is 0 Å². The number of aliphatic hydroxyl groups is 1. The predicted molar refractivity (Wildman–Crippen MR) is 130 cm³/mol. The summed E-state index contributed by atoms with van der Waals surface area (Å²) in [6.07, 6.45) is -0.312. The number of aromatic nitrogens is 6. The minimum absolute atomic E-state index is 0.0263. The Kier molecular flexibility index (Phi) is 10.1. The van der Waals surface area contributed by atoms with Gasteiger partial charge in [0.2, 0.25) is 0 Å². The molecule has 0 saturated heterocycles. The van der Waals surface area contributed by atoms with Crippen molar-refractivity contribution >= 4 is 5.97 Å². The molecule has 0 spiro atoms. The fourth-order valence-electron chi connectivity index (χ4n) is 3.43. The molecule has 2 aromatic carbocycles. The zero-order valence-corrected chi connectivity index (χ0v) is 21.5. The summed E-state index contributed by atoms with van der Waals surface area (Å²) in [5, 5.41) is 23.3. The molecule has 0 atom stereocenters. The lowest BCUT2D eigenvalue weighted by Crippen LogP contribution is -2.13. The number of esters is 1. The van der Waals surface area contributed by atoms with Crippen LogP contribution in [-0.4, -0.2) is 61.9 Å². The van der Waals surface area contributed by atoms with Gasteiger partial charge in [0.1, 0.15) is 17.0 Å². The van der Waals surface area contributed by atoms with E-state index in [0.717, 1.165) is 10.9 Å². The van der Waals surface area contributed by atoms with Crippen molar-refractivity contribution in [2.75, 3.05) is 20.8 Å². The van der Waals surface area contributed by atoms with Crippen molar-refractivity contribution in [2.24, 2.45) is 5.73 Å². The first-order valence-corrected chi connectivity index (χ1v) is 11.5. The predicted octanol–water partition coefficient (Wildman–Crippen LogP) is 2.90. The van der Waals surface area contributed by atoms with Crippen LogP contribution in [0.5, 0.6) is 11.5 Å². The number of hydrogen-bond acceptors (Lipinski definition) is 10. The van der Waals surface area contributed by atoms with Crippen molar-refractivity contribution in [3.63, 3.8) is 0 Å². The number of ether oxygens (including phenoxy) is 3. The minimum atomic E-state index is -2.74. The molecule has 16 heteroatoms. The van der Waals surface area contributed by atoms with Crippen LogP contribution in [0.4, 0.5) is 17.6 Å². The second-order valence-corrected chi connectivity index (χ2v) is 7.68. The number of methoxy groups -OCH3 is 2. The highest BCUT2D eigenvalue weighted by Crippen LogP contribution is 2.28. The Hall–Kier alpha value is -4.57. The van der Waals surface area contributed by atoms with E-state index in [9.17, 15) is 22.4 Å². The molecule has 12 nitrogen and oxygen atoms in total. The highest BCUT2D eigenvalue weighted by Gasteiger charge is 2.24. The standard InChI is InChI=1S/C13H14FN3O4.C11H11F3N4O/c1-3-21-13(19)11-9(4-5-10(20-2)12(11)14)17-6-8(7-18)15-16-17;1-19-9-3-2-8(6(4-15)10(9)12)18-5-7(11(13)14)16-17-18/h4-6,18H,3,7H2,1-2H3;2-3,5,11H,4,15H2,1H3. The Bertz CT molecular complexity index is 1460. The maximum absolute atomic E-state index is 14.3. The van der Waals surface area contributed by atoms with Crippen LogP contribution in [0.1, 0.15) is 40.7 Å². The van der Waals surface area contributed by atoms with Gasteiger partial charge in [0, 0.05) is 12.1 Å². The number of carbonyl (C=O) groups is 1. The van der Waals surface area contributed by atoms with Gasteiger partial charge in [0.25, 0.3) is 6.43 Å². The number of aliphatic hydroxyl groups excluding tert-OH is 1. The van der Waals surface area contributed by atoms with Gasteiger partial charge in [-0.2, -0.15) is 0 Å². The molecule has 4 rings (SSSR count). The van der Waals surface area contributed by atoms with Gasteiger partial charge in [0.05, 0.1) is 51.2 Å². The van der Waals surface area contributed by atoms with E-state index in [2.05, 4.69) is 20.6 Å². The number of rotatable bonds is 9. The maximum atomic E-state index is 14.3. The molecule has 40 heavy (non-hydrogen) atoms. The van der Waals surface area contributed by atoms with Gasteiger partial charge in [-0.1, -0.05) is 10.4 Å². The quantitative estimate of drug-likeness (QED) is 0.228. The Morgan fingerprint density at radius 3 is 2.10 bits per heavy atom. The molecule has 0 aliphatic rings. The summed E-state index contributed by atoms with van der Waals surface area (Å²) in [5.41, 5.74) is 5.50. The molecule has 0 radical (unpaired) electrons. The lowest BCUT2D eigenvalue weighted by molar-refractivity contribution is 0.0520. The first-order valence-electron chi connectivity index (χ1n) is 11.5. The summed E-state index contributed by atoms with van der Waals surface area (Å²) in [6.45, 7) is 1.29. The smallest absolute Gasteiger partial charge is 0.343 e. The van der Waals surface area contributed by atoms with Crippen molar-refractivity contribution in [2.45, 2.75) is 26.5 Å². The average Bonchev–Trinajstić information content (AvgIpc) is 3.63. The number of nitrogens with two attached hydrogens (primary N) is 1. The van der Waals surface area contributed by atoms with Crippen molar-refractivity contribution < 1.29 is 41.7 Å². The van der Waals surface area contributed by atoms with Crippen LogP contribution in [0.3, 0.4) is 0 Å².